The number of urea groups is 1. The predicted molar refractivity (Wildman–Crippen MR) is 92.6 cm³/mol. The van der Waals surface area contributed by atoms with Crippen LogP contribution in [0.3, 0.4) is 0 Å². The van der Waals surface area contributed by atoms with E-state index in [9.17, 15) is 4.79 Å². The van der Waals surface area contributed by atoms with Crippen LogP contribution in [0.5, 0.6) is 0 Å². The number of carbonyl (C=O) groups excluding carboxylic acids is 1. The fourth-order valence-electron chi connectivity index (χ4n) is 3.03. The van der Waals surface area contributed by atoms with Gasteiger partial charge in [-0.05, 0) is 42.7 Å². The minimum Gasteiger partial charge on any atom is -0.345 e. The molecule has 4 nitrogen and oxygen atoms in total. The number of benzene rings is 1. The molecule has 0 bridgehead atoms. The summed E-state index contributed by atoms with van der Waals surface area (Å²) >= 11 is 5.92. The van der Waals surface area contributed by atoms with Crippen molar-refractivity contribution in [2.75, 3.05) is 0 Å². The summed E-state index contributed by atoms with van der Waals surface area (Å²) in [4.78, 5) is 12.0. The Hall–Kier alpha value is -1.94. The second-order valence-electron chi connectivity index (χ2n) is 6.06. The minimum absolute atomic E-state index is 0.0730. The van der Waals surface area contributed by atoms with Gasteiger partial charge in [0, 0.05) is 29.5 Å². The molecule has 0 spiro atoms. The van der Waals surface area contributed by atoms with Gasteiger partial charge in [-0.3, -0.25) is 0 Å². The fourth-order valence-corrected chi connectivity index (χ4v) is 3.15. The van der Waals surface area contributed by atoms with Gasteiger partial charge in [0.15, 0.2) is 0 Å². The zero-order valence-corrected chi connectivity index (χ0v) is 13.9. The summed E-state index contributed by atoms with van der Waals surface area (Å²) in [6, 6.07) is 12.1. The van der Waals surface area contributed by atoms with Crippen LogP contribution in [0, 0.1) is 0 Å². The lowest BCUT2D eigenvalue weighted by Crippen LogP contribution is -2.40. The quantitative estimate of drug-likeness (QED) is 0.856. The first-order chi connectivity index (χ1) is 11.2. The molecule has 2 amide bonds. The van der Waals surface area contributed by atoms with Crippen molar-refractivity contribution >= 4 is 17.6 Å². The molecule has 2 aromatic rings. The lowest BCUT2D eigenvalue weighted by molar-refractivity contribution is 0.236. The molecule has 1 aromatic carbocycles. The second kappa shape index (κ2) is 7.55. The van der Waals surface area contributed by atoms with Gasteiger partial charge in [0.05, 0.1) is 6.54 Å². The number of nitrogens with one attached hydrogen (secondary N) is 2. The Labute approximate surface area is 141 Å². The first-order valence-corrected chi connectivity index (χ1v) is 8.51. The molecule has 23 heavy (non-hydrogen) atoms. The van der Waals surface area contributed by atoms with Gasteiger partial charge in [-0.1, -0.05) is 36.6 Å². The van der Waals surface area contributed by atoms with Crippen molar-refractivity contribution in [2.45, 2.75) is 44.8 Å². The third kappa shape index (κ3) is 4.52. The summed E-state index contributed by atoms with van der Waals surface area (Å²) in [5.41, 5.74) is 2.27. The van der Waals surface area contributed by atoms with E-state index < -0.39 is 0 Å². The van der Waals surface area contributed by atoms with Gasteiger partial charge in [-0.2, -0.15) is 0 Å². The molecular weight excluding hydrogens is 310 g/mol. The molecule has 1 fully saturated rings. The SMILES string of the molecule is O=C(NCc1cccn1Cc1ccc(Cl)cc1)NC1CCCC1. The number of aromatic nitrogens is 1. The second-order valence-corrected chi connectivity index (χ2v) is 6.50. The molecule has 0 radical (unpaired) electrons. The van der Waals surface area contributed by atoms with Gasteiger partial charge in [0.2, 0.25) is 0 Å². The van der Waals surface area contributed by atoms with Gasteiger partial charge in [-0.15, -0.1) is 0 Å². The Morgan fingerprint density at radius 1 is 1.17 bits per heavy atom. The molecule has 0 aliphatic heterocycles. The van der Waals surface area contributed by atoms with Crippen LogP contribution < -0.4 is 10.6 Å². The predicted octanol–water partition coefficient (Wildman–Crippen LogP) is 3.93. The van der Waals surface area contributed by atoms with Crippen molar-refractivity contribution in [3.8, 4) is 0 Å². The van der Waals surface area contributed by atoms with E-state index in [1.807, 2.05) is 42.6 Å². The molecule has 1 aliphatic carbocycles. The number of carbonyl (C=O) groups is 1. The van der Waals surface area contributed by atoms with Crippen molar-refractivity contribution in [1.82, 2.24) is 15.2 Å². The van der Waals surface area contributed by atoms with Crippen molar-refractivity contribution in [2.24, 2.45) is 0 Å². The van der Waals surface area contributed by atoms with Gasteiger partial charge < -0.3 is 15.2 Å². The lowest BCUT2D eigenvalue weighted by atomic mass is 10.2. The highest BCUT2D eigenvalue weighted by Crippen LogP contribution is 2.17. The summed E-state index contributed by atoms with van der Waals surface area (Å²) in [5, 5.41) is 6.74. The third-order valence-corrected chi connectivity index (χ3v) is 4.56. The largest absolute Gasteiger partial charge is 0.345 e. The number of nitrogens with zero attached hydrogens (tertiary/aromatic N) is 1. The number of hydrogen-bond donors (Lipinski definition) is 2. The zero-order chi connectivity index (χ0) is 16.1. The van der Waals surface area contributed by atoms with Gasteiger partial charge >= 0.3 is 6.03 Å². The number of hydrogen-bond acceptors (Lipinski definition) is 1. The molecule has 0 unspecified atom stereocenters. The maximum absolute atomic E-state index is 12.0. The molecule has 1 aromatic heterocycles. The highest BCUT2D eigenvalue weighted by molar-refractivity contribution is 6.30. The van der Waals surface area contributed by atoms with E-state index in [4.69, 9.17) is 11.6 Å². The number of rotatable bonds is 5. The van der Waals surface area contributed by atoms with Gasteiger partial charge in [0.1, 0.15) is 0 Å². The molecule has 0 saturated heterocycles. The molecule has 1 saturated carbocycles. The third-order valence-electron chi connectivity index (χ3n) is 4.31. The van der Waals surface area contributed by atoms with E-state index in [0.29, 0.717) is 12.6 Å². The van der Waals surface area contributed by atoms with Crippen LogP contribution in [0.4, 0.5) is 4.79 Å². The molecule has 1 heterocycles. The Morgan fingerprint density at radius 2 is 1.91 bits per heavy atom. The normalized spacial score (nSPS) is 14.8. The first kappa shape index (κ1) is 15.9. The van der Waals surface area contributed by atoms with Crippen molar-refractivity contribution < 1.29 is 4.79 Å². The summed E-state index contributed by atoms with van der Waals surface area (Å²) in [7, 11) is 0. The van der Waals surface area contributed by atoms with Crippen molar-refractivity contribution in [3.05, 3.63) is 58.9 Å². The van der Waals surface area contributed by atoms with Crippen LogP contribution in [-0.2, 0) is 13.1 Å². The number of halogens is 1. The topological polar surface area (TPSA) is 46.1 Å². The zero-order valence-electron chi connectivity index (χ0n) is 13.1. The molecule has 5 heteroatoms. The van der Waals surface area contributed by atoms with E-state index >= 15 is 0 Å². The lowest BCUT2D eigenvalue weighted by Gasteiger charge is -2.14. The molecule has 0 atom stereocenters. The molecule has 3 rings (SSSR count). The standard InChI is InChI=1S/C18H22ClN3O/c19-15-9-7-14(8-10-15)13-22-11-3-6-17(22)12-20-18(23)21-16-4-1-2-5-16/h3,6-11,16H,1-2,4-5,12-13H2,(H2,20,21,23). The average molecular weight is 332 g/mol. The van der Waals surface area contributed by atoms with Crippen molar-refractivity contribution in [1.29, 1.82) is 0 Å². The van der Waals surface area contributed by atoms with Crippen molar-refractivity contribution in [3.63, 3.8) is 0 Å². The Morgan fingerprint density at radius 3 is 2.65 bits per heavy atom. The van der Waals surface area contributed by atoms with Crippen LogP contribution in [0.15, 0.2) is 42.6 Å². The fraction of sp³-hybridized carbons (Fsp3) is 0.389. The van der Waals surface area contributed by atoms with E-state index in [1.54, 1.807) is 0 Å². The van der Waals surface area contributed by atoms with Gasteiger partial charge in [-0.25, -0.2) is 4.79 Å². The van der Waals surface area contributed by atoms with Crippen LogP contribution >= 0.6 is 11.6 Å². The van der Waals surface area contributed by atoms with Crippen LogP contribution in [0.2, 0.25) is 5.02 Å². The molecule has 122 valence electrons. The smallest absolute Gasteiger partial charge is 0.315 e. The molecule has 2 N–H and O–H groups in total. The van der Waals surface area contributed by atoms with Crippen LogP contribution in [0.25, 0.3) is 0 Å². The Balaban J connectivity index is 1.53. The van der Waals surface area contributed by atoms with E-state index in [1.165, 1.54) is 18.4 Å². The van der Waals surface area contributed by atoms with E-state index in [2.05, 4.69) is 15.2 Å². The minimum atomic E-state index is -0.0730. The van der Waals surface area contributed by atoms with Gasteiger partial charge in [0.25, 0.3) is 0 Å². The monoisotopic (exact) mass is 331 g/mol. The highest BCUT2D eigenvalue weighted by atomic mass is 35.5. The maximum atomic E-state index is 12.0. The summed E-state index contributed by atoms with van der Waals surface area (Å²) in [5.74, 6) is 0. The molecule has 1 aliphatic rings. The van der Waals surface area contributed by atoms with Crippen LogP contribution in [0.1, 0.15) is 36.9 Å². The maximum Gasteiger partial charge on any atom is 0.315 e. The Bertz CT molecular complexity index is 645. The first-order valence-electron chi connectivity index (χ1n) is 8.13. The highest BCUT2D eigenvalue weighted by Gasteiger charge is 2.16. The molecular formula is C18H22ClN3O. The summed E-state index contributed by atoms with van der Waals surface area (Å²) in [6.07, 6.45) is 6.66. The Kier molecular flexibility index (Phi) is 5.23. The summed E-state index contributed by atoms with van der Waals surface area (Å²) < 4.78 is 2.14. The van der Waals surface area contributed by atoms with Crippen LogP contribution in [-0.4, -0.2) is 16.6 Å². The number of amides is 2. The summed E-state index contributed by atoms with van der Waals surface area (Å²) in [6.45, 7) is 1.30. The average Bonchev–Trinajstić information content (AvgIpc) is 3.19. The van der Waals surface area contributed by atoms with E-state index in [-0.39, 0.29) is 6.03 Å². The van der Waals surface area contributed by atoms with E-state index in [0.717, 1.165) is 30.1 Å².